The zero-order valence-corrected chi connectivity index (χ0v) is 19.6. The summed E-state index contributed by atoms with van der Waals surface area (Å²) >= 11 is 0. The average molecular weight is 411 g/mol. The maximum absolute atomic E-state index is 3.76. The maximum atomic E-state index is 3.76. The predicted molar refractivity (Wildman–Crippen MR) is 133 cm³/mol. The van der Waals surface area contributed by atoms with Crippen LogP contribution in [-0.2, 0) is 10.8 Å². The van der Waals surface area contributed by atoms with Crippen molar-refractivity contribution in [2.24, 2.45) is 0 Å². The van der Waals surface area contributed by atoms with Gasteiger partial charge in [0.15, 0.2) is 0 Å². The van der Waals surface area contributed by atoms with Gasteiger partial charge in [-0.15, -0.1) is 0 Å². The average Bonchev–Trinajstić information content (AvgIpc) is 3.19. The minimum absolute atomic E-state index is 0.0523. The summed E-state index contributed by atoms with van der Waals surface area (Å²) in [6.45, 7) is 13.7. The highest BCUT2D eigenvalue weighted by molar-refractivity contribution is 5.75. The Balaban J connectivity index is 1.86. The van der Waals surface area contributed by atoms with Crippen LogP contribution in [0.4, 0.5) is 5.69 Å². The van der Waals surface area contributed by atoms with Gasteiger partial charge in [0.05, 0.1) is 17.4 Å². The van der Waals surface area contributed by atoms with Crippen molar-refractivity contribution in [1.82, 2.24) is 5.43 Å². The number of nitrogens with zero attached hydrogens (tertiary/aromatic N) is 1. The van der Waals surface area contributed by atoms with Gasteiger partial charge in [-0.25, -0.2) is 0 Å². The summed E-state index contributed by atoms with van der Waals surface area (Å²) in [7, 11) is 0. The van der Waals surface area contributed by atoms with Gasteiger partial charge in [0.1, 0.15) is 0 Å². The molecular formula is C29H34N2. The first-order valence-corrected chi connectivity index (χ1v) is 11.2. The van der Waals surface area contributed by atoms with E-state index in [2.05, 4.69) is 137 Å². The number of para-hydroxylation sites is 1. The molecule has 2 nitrogen and oxygen atoms in total. The Labute approximate surface area is 187 Å². The van der Waals surface area contributed by atoms with Crippen molar-refractivity contribution in [3.8, 4) is 0 Å². The number of hydrogen-bond donors (Lipinski definition) is 1. The summed E-state index contributed by atoms with van der Waals surface area (Å²) in [6.07, 6.45) is 2.37. The third-order valence-electron chi connectivity index (χ3n) is 6.00. The first-order chi connectivity index (χ1) is 14.6. The van der Waals surface area contributed by atoms with Crippen LogP contribution in [0.25, 0.3) is 5.70 Å². The highest BCUT2D eigenvalue weighted by atomic mass is 15.5. The maximum Gasteiger partial charge on any atom is 0.0958 e. The molecule has 4 rings (SSSR count). The van der Waals surface area contributed by atoms with Crippen molar-refractivity contribution >= 4 is 11.4 Å². The number of rotatable bonds is 3. The van der Waals surface area contributed by atoms with E-state index >= 15 is 0 Å². The fourth-order valence-electron chi connectivity index (χ4n) is 4.22. The van der Waals surface area contributed by atoms with Crippen molar-refractivity contribution in [2.45, 2.75) is 58.4 Å². The van der Waals surface area contributed by atoms with Gasteiger partial charge in [-0.1, -0.05) is 102 Å². The smallest absolute Gasteiger partial charge is 0.0958 e. The van der Waals surface area contributed by atoms with E-state index in [1.165, 1.54) is 28.0 Å². The Hall–Kier alpha value is -3.00. The molecule has 0 aliphatic carbocycles. The molecule has 0 aromatic heterocycles. The summed E-state index contributed by atoms with van der Waals surface area (Å²) in [4.78, 5) is 0. The van der Waals surface area contributed by atoms with Crippen LogP contribution in [0, 0.1) is 0 Å². The van der Waals surface area contributed by atoms with Gasteiger partial charge in [0.25, 0.3) is 0 Å². The number of anilines is 1. The van der Waals surface area contributed by atoms with E-state index in [1.807, 2.05) is 0 Å². The lowest BCUT2D eigenvalue weighted by atomic mass is 9.78. The lowest BCUT2D eigenvalue weighted by Crippen LogP contribution is -2.34. The molecule has 31 heavy (non-hydrogen) atoms. The molecule has 0 amide bonds. The Morgan fingerprint density at radius 1 is 0.710 bits per heavy atom. The van der Waals surface area contributed by atoms with Gasteiger partial charge in [-0.3, -0.25) is 10.4 Å². The van der Waals surface area contributed by atoms with E-state index in [4.69, 9.17) is 0 Å². The van der Waals surface area contributed by atoms with Crippen LogP contribution in [0.3, 0.4) is 0 Å². The summed E-state index contributed by atoms with van der Waals surface area (Å²) in [5.41, 5.74) is 11.5. The second kappa shape index (κ2) is 7.92. The Bertz CT molecular complexity index is 1070. The third-order valence-corrected chi connectivity index (χ3v) is 6.00. The zero-order valence-electron chi connectivity index (χ0n) is 19.6. The molecule has 0 saturated carbocycles. The molecule has 1 aliphatic heterocycles. The van der Waals surface area contributed by atoms with Gasteiger partial charge in [-0.2, -0.15) is 0 Å². The second-order valence-electron chi connectivity index (χ2n) is 10.5. The van der Waals surface area contributed by atoms with Crippen LogP contribution in [0.1, 0.15) is 69.8 Å². The van der Waals surface area contributed by atoms with Crippen molar-refractivity contribution in [3.63, 3.8) is 0 Å². The lowest BCUT2D eigenvalue weighted by molar-refractivity contribution is 0.574. The first-order valence-electron chi connectivity index (χ1n) is 11.2. The Kier molecular flexibility index (Phi) is 5.43. The largest absolute Gasteiger partial charge is 0.297 e. The summed E-state index contributed by atoms with van der Waals surface area (Å²) in [5.74, 6) is 0. The van der Waals surface area contributed by atoms with Crippen LogP contribution in [0.5, 0.6) is 0 Å². The van der Waals surface area contributed by atoms with Crippen LogP contribution in [0.2, 0.25) is 0 Å². The first kappa shape index (κ1) is 21.2. The molecule has 1 atom stereocenters. The minimum atomic E-state index is 0.0523. The zero-order chi connectivity index (χ0) is 22.2. The van der Waals surface area contributed by atoms with Gasteiger partial charge >= 0.3 is 0 Å². The SMILES string of the molecule is CC(C)(C)c1ccc(C(C)(C)C)c(C2=CC(c3ccccc3)N(c3ccccc3)N2)c1. The van der Waals surface area contributed by atoms with Gasteiger partial charge in [0.2, 0.25) is 0 Å². The predicted octanol–water partition coefficient (Wildman–Crippen LogP) is 7.39. The summed E-state index contributed by atoms with van der Waals surface area (Å²) in [5, 5.41) is 2.28. The normalized spacial score (nSPS) is 16.8. The lowest BCUT2D eigenvalue weighted by Gasteiger charge is -2.30. The molecule has 0 saturated heterocycles. The van der Waals surface area contributed by atoms with E-state index in [1.54, 1.807) is 0 Å². The van der Waals surface area contributed by atoms with Crippen LogP contribution < -0.4 is 10.4 Å². The van der Waals surface area contributed by atoms with E-state index in [9.17, 15) is 0 Å². The molecule has 3 aromatic carbocycles. The molecule has 160 valence electrons. The molecular weight excluding hydrogens is 376 g/mol. The summed E-state index contributed by atoms with van der Waals surface area (Å²) < 4.78 is 0. The molecule has 0 fully saturated rings. The van der Waals surface area contributed by atoms with Gasteiger partial charge in [-0.05, 0) is 51.8 Å². The highest BCUT2D eigenvalue weighted by Crippen LogP contribution is 2.39. The number of benzene rings is 3. The van der Waals surface area contributed by atoms with Gasteiger partial charge < -0.3 is 0 Å². The van der Waals surface area contributed by atoms with E-state index in [-0.39, 0.29) is 16.9 Å². The second-order valence-corrected chi connectivity index (χ2v) is 10.5. The molecule has 2 heteroatoms. The monoisotopic (exact) mass is 410 g/mol. The number of hydrazine groups is 1. The molecule has 1 heterocycles. The van der Waals surface area contributed by atoms with Crippen molar-refractivity contribution in [1.29, 1.82) is 0 Å². The van der Waals surface area contributed by atoms with Crippen molar-refractivity contribution in [2.75, 3.05) is 5.01 Å². The van der Waals surface area contributed by atoms with Crippen molar-refractivity contribution in [3.05, 3.63) is 107 Å². The number of nitrogens with one attached hydrogen (secondary N) is 1. The Morgan fingerprint density at radius 2 is 1.32 bits per heavy atom. The minimum Gasteiger partial charge on any atom is -0.297 e. The van der Waals surface area contributed by atoms with Crippen LogP contribution in [-0.4, -0.2) is 0 Å². The molecule has 0 bridgehead atoms. The molecule has 1 N–H and O–H groups in total. The molecule has 0 spiro atoms. The molecule has 1 aliphatic rings. The van der Waals surface area contributed by atoms with Crippen LogP contribution >= 0.6 is 0 Å². The Morgan fingerprint density at radius 3 is 1.90 bits per heavy atom. The number of hydrogen-bond acceptors (Lipinski definition) is 2. The molecule has 0 radical (unpaired) electrons. The van der Waals surface area contributed by atoms with E-state index < -0.39 is 0 Å². The topological polar surface area (TPSA) is 15.3 Å². The van der Waals surface area contributed by atoms with Crippen molar-refractivity contribution < 1.29 is 0 Å². The fourth-order valence-corrected chi connectivity index (χ4v) is 4.22. The quantitative estimate of drug-likeness (QED) is 0.484. The van der Waals surface area contributed by atoms with Gasteiger partial charge in [0, 0.05) is 5.56 Å². The van der Waals surface area contributed by atoms with E-state index in [0.717, 1.165) is 5.69 Å². The highest BCUT2D eigenvalue weighted by Gasteiger charge is 2.30. The molecule has 3 aromatic rings. The summed E-state index contributed by atoms with van der Waals surface area (Å²) in [6, 6.07) is 28.4. The fraction of sp³-hybridized carbons (Fsp3) is 0.310. The standard InChI is InChI=1S/C29H34N2/c1-28(2,3)22-17-18-25(29(4,5)6)24(19-22)26-20-27(21-13-9-7-10-14-21)31(30-26)23-15-11-8-12-16-23/h7-20,27,30H,1-6H3. The van der Waals surface area contributed by atoms with E-state index in [0.29, 0.717) is 0 Å². The van der Waals surface area contributed by atoms with Crippen LogP contribution in [0.15, 0.2) is 84.9 Å². The molecule has 1 unspecified atom stereocenters. The third kappa shape index (κ3) is 4.39.